The van der Waals surface area contributed by atoms with Crippen LogP contribution in [0.2, 0.25) is 0 Å². The van der Waals surface area contributed by atoms with Crippen molar-refractivity contribution >= 4 is 5.91 Å². The molecule has 1 aromatic heterocycles. The van der Waals surface area contributed by atoms with Gasteiger partial charge < -0.3 is 9.88 Å². The van der Waals surface area contributed by atoms with Crippen molar-refractivity contribution in [1.29, 1.82) is 0 Å². The topological polar surface area (TPSA) is 66.3 Å². The number of carbonyl (C=O) groups excluding carboxylic acids is 1. The van der Waals surface area contributed by atoms with Gasteiger partial charge in [0.2, 0.25) is 5.82 Å². The van der Waals surface area contributed by atoms with Gasteiger partial charge in [-0.1, -0.05) is 12.8 Å². The third-order valence-corrected chi connectivity index (χ3v) is 6.37. The van der Waals surface area contributed by atoms with Crippen LogP contribution in [0.15, 0.2) is 0 Å². The lowest BCUT2D eigenvalue weighted by molar-refractivity contribution is 0.0474. The Labute approximate surface area is 148 Å². The van der Waals surface area contributed by atoms with Crippen molar-refractivity contribution in [2.45, 2.75) is 57.2 Å². The monoisotopic (exact) mass is 344 g/mol. The van der Waals surface area contributed by atoms with Gasteiger partial charge in [-0.05, 0) is 31.6 Å². The first kappa shape index (κ1) is 15.8. The molecule has 1 N–H and O–H groups in total. The van der Waals surface area contributed by atoms with Crippen molar-refractivity contribution < 1.29 is 4.79 Å². The summed E-state index contributed by atoms with van der Waals surface area (Å²) in [6, 6.07) is 0.617. The molecule has 7 nitrogen and oxygen atoms in total. The average Bonchev–Trinajstić information content (AvgIpc) is 3.11. The zero-order valence-electron chi connectivity index (χ0n) is 14.9. The standard InChI is InChI=1S/C18H28N6O/c25-18(19-14-3-1-2-4-14)17-21-20-16-15-12-22(11-13-5-6-13)7-8-23(15)9-10-24(16)17/h13-15H,1-12H2,(H,19,25)/t15-/m0/s1. The Morgan fingerprint density at radius 1 is 1.04 bits per heavy atom. The molecule has 0 spiro atoms. The number of nitrogens with one attached hydrogen (secondary N) is 1. The Kier molecular flexibility index (Phi) is 4.01. The molecule has 25 heavy (non-hydrogen) atoms. The second-order valence-corrected chi connectivity index (χ2v) is 8.24. The lowest BCUT2D eigenvalue weighted by Gasteiger charge is -2.43. The van der Waals surface area contributed by atoms with Crippen molar-refractivity contribution in [3.8, 4) is 0 Å². The minimum absolute atomic E-state index is 0.0373. The zero-order valence-corrected chi connectivity index (χ0v) is 14.9. The van der Waals surface area contributed by atoms with Crippen molar-refractivity contribution in [1.82, 2.24) is 29.9 Å². The van der Waals surface area contributed by atoms with E-state index in [-0.39, 0.29) is 5.91 Å². The minimum atomic E-state index is -0.0373. The van der Waals surface area contributed by atoms with Crippen LogP contribution in [0, 0.1) is 5.92 Å². The maximum atomic E-state index is 12.7. The normalized spacial score (nSPS) is 27.9. The van der Waals surface area contributed by atoms with Gasteiger partial charge in [-0.15, -0.1) is 10.2 Å². The van der Waals surface area contributed by atoms with E-state index in [1.807, 2.05) is 0 Å². The summed E-state index contributed by atoms with van der Waals surface area (Å²) in [6.45, 7) is 6.35. The Balaban J connectivity index is 1.32. The van der Waals surface area contributed by atoms with E-state index in [2.05, 4.69) is 29.9 Å². The highest BCUT2D eigenvalue weighted by Crippen LogP contribution is 2.33. The second kappa shape index (κ2) is 6.36. The molecular formula is C18H28N6O. The molecular weight excluding hydrogens is 316 g/mol. The average molecular weight is 344 g/mol. The third kappa shape index (κ3) is 3.08. The summed E-state index contributed by atoms with van der Waals surface area (Å²) >= 11 is 0. The van der Waals surface area contributed by atoms with Gasteiger partial charge in [0.05, 0.1) is 6.04 Å². The quantitative estimate of drug-likeness (QED) is 0.884. The highest BCUT2D eigenvalue weighted by Gasteiger charge is 2.38. The van der Waals surface area contributed by atoms with Crippen LogP contribution in [0.5, 0.6) is 0 Å². The molecule has 1 atom stereocenters. The molecule has 1 saturated heterocycles. The minimum Gasteiger partial charge on any atom is -0.347 e. The van der Waals surface area contributed by atoms with Gasteiger partial charge in [0.1, 0.15) is 0 Å². The van der Waals surface area contributed by atoms with E-state index in [9.17, 15) is 4.79 Å². The molecule has 3 heterocycles. The Hall–Kier alpha value is -1.47. The molecule has 2 saturated carbocycles. The van der Waals surface area contributed by atoms with Crippen LogP contribution >= 0.6 is 0 Å². The van der Waals surface area contributed by atoms with Gasteiger partial charge in [0.15, 0.2) is 5.82 Å². The molecule has 0 aromatic carbocycles. The number of carbonyl (C=O) groups is 1. The summed E-state index contributed by atoms with van der Waals surface area (Å²) in [5, 5.41) is 11.9. The fraction of sp³-hybridized carbons (Fsp3) is 0.833. The molecule has 1 aromatic rings. The summed E-state index contributed by atoms with van der Waals surface area (Å²) in [5.74, 6) is 2.38. The van der Waals surface area contributed by atoms with E-state index in [1.165, 1.54) is 32.2 Å². The highest BCUT2D eigenvalue weighted by atomic mass is 16.2. The van der Waals surface area contributed by atoms with Crippen LogP contribution in [0.1, 0.15) is 61.0 Å². The Bertz CT molecular complexity index is 648. The summed E-state index contributed by atoms with van der Waals surface area (Å²) in [6.07, 6.45) is 7.42. The molecule has 136 valence electrons. The number of hydrogen-bond donors (Lipinski definition) is 1. The van der Waals surface area contributed by atoms with E-state index in [0.717, 1.165) is 57.3 Å². The van der Waals surface area contributed by atoms with Crippen LogP contribution in [-0.4, -0.2) is 69.2 Å². The lowest BCUT2D eigenvalue weighted by Crippen LogP contribution is -2.52. The SMILES string of the molecule is O=C(NC1CCCC1)c1nnc2n1CCN1CCN(CC3CC3)C[C@@H]21. The van der Waals surface area contributed by atoms with Crippen LogP contribution in [0.4, 0.5) is 0 Å². The summed E-state index contributed by atoms with van der Waals surface area (Å²) in [7, 11) is 0. The second-order valence-electron chi connectivity index (χ2n) is 8.24. The van der Waals surface area contributed by atoms with Crippen LogP contribution < -0.4 is 5.32 Å². The molecule has 5 rings (SSSR count). The maximum absolute atomic E-state index is 12.7. The highest BCUT2D eigenvalue weighted by molar-refractivity contribution is 5.91. The first-order valence-corrected chi connectivity index (χ1v) is 9.98. The summed E-state index contributed by atoms with van der Waals surface area (Å²) in [5.41, 5.74) is 0. The van der Waals surface area contributed by atoms with Gasteiger partial charge in [-0.3, -0.25) is 14.6 Å². The molecule has 3 fully saturated rings. The van der Waals surface area contributed by atoms with E-state index in [1.54, 1.807) is 0 Å². The van der Waals surface area contributed by atoms with Crippen molar-refractivity contribution in [2.24, 2.45) is 5.92 Å². The molecule has 2 aliphatic carbocycles. The molecule has 4 aliphatic rings. The van der Waals surface area contributed by atoms with Crippen LogP contribution in [0.25, 0.3) is 0 Å². The molecule has 0 unspecified atom stereocenters. The maximum Gasteiger partial charge on any atom is 0.289 e. The smallest absolute Gasteiger partial charge is 0.289 e. The van der Waals surface area contributed by atoms with E-state index in [4.69, 9.17) is 0 Å². The van der Waals surface area contributed by atoms with E-state index in [0.29, 0.717) is 17.9 Å². The van der Waals surface area contributed by atoms with Gasteiger partial charge in [0, 0.05) is 45.3 Å². The number of rotatable bonds is 4. The predicted octanol–water partition coefficient (Wildman–Crippen LogP) is 1.03. The fourth-order valence-corrected chi connectivity index (χ4v) is 4.72. The summed E-state index contributed by atoms with van der Waals surface area (Å²) in [4.78, 5) is 17.8. The zero-order chi connectivity index (χ0) is 16.8. The van der Waals surface area contributed by atoms with E-state index >= 15 is 0 Å². The number of nitrogens with zero attached hydrogens (tertiary/aromatic N) is 5. The molecule has 7 heteroatoms. The lowest BCUT2D eigenvalue weighted by atomic mass is 10.1. The largest absolute Gasteiger partial charge is 0.347 e. The van der Waals surface area contributed by atoms with Crippen LogP contribution in [-0.2, 0) is 6.54 Å². The van der Waals surface area contributed by atoms with Crippen molar-refractivity contribution in [2.75, 3.05) is 32.7 Å². The molecule has 0 bridgehead atoms. The van der Waals surface area contributed by atoms with E-state index < -0.39 is 0 Å². The number of aromatic nitrogens is 3. The Morgan fingerprint density at radius 3 is 2.64 bits per heavy atom. The van der Waals surface area contributed by atoms with Crippen LogP contribution in [0.3, 0.4) is 0 Å². The molecule has 2 aliphatic heterocycles. The van der Waals surface area contributed by atoms with Crippen molar-refractivity contribution in [3.05, 3.63) is 11.6 Å². The first-order chi connectivity index (χ1) is 12.3. The summed E-state index contributed by atoms with van der Waals surface area (Å²) < 4.78 is 2.08. The first-order valence-electron chi connectivity index (χ1n) is 9.98. The number of piperazine rings is 1. The number of amides is 1. The number of hydrogen-bond acceptors (Lipinski definition) is 5. The molecule has 0 radical (unpaired) electrons. The van der Waals surface area contributed by atoms with Gasteiger partial charge in [-0.25, -0.2) is 0 Å². The van der Waals surface area contributed by atoms with Gasteiger partial charge >= 0.3 is 0 Å². The van der Waals surface area contributed by atoms with Crippen molar-refractivity contribution in [3.63, 3.8) is 0 Å². The van der Waals surface area contributed by atoms with Gasteiger partial charge in [0.25, 0.3) is 5.91 Å². The number of fused-ring (bicyclic) bond motifs is 3. The Morgan fingerprint density at radius 2 is 1.84 bits per heavy atom. The third-order valence-electron chi connectivity index (χ3n) is 6.37. The molecule has 1 amide bonds. The predicted molar refractivity (Wildman–Crippen MR) is 93.2 cm³/mol. The van der Waals surface area contributed by atoms with Gasteiger partial charge in [-0.2, -0.15) is 0 Å². The fourth-order valence-electron chi connectivity index (χ4n) is 4.72.